The molecule has 0 aliphatic rings. The van der Waals surface area contributed by atoms with Gasteiger partial charge in [-0.25, -0.2) is 4.39 Å². The second-order valence-electron chi connectivity index (χ2n) is 5.13. The molecule has 1 N–H and O–H groups in total. The van der Waals surface area contributed by atoms with Crippen molar-refractivity contribution in [2.45, 2.75) is 13.0 Å². The van der Waals surface area contributed by atoms with Crippen LogP contribution >= 0.6 is 0 Å². The van der Waals surface area contributed by atoms with Crippen LogP contribution in [-0.2, 0) is 0 Å². The number of anilines is 1. The highest BCUT2D eigenvalue weighted by Gasteiger charge is 2.16. The van der Waals surface area contributed by atoms with Gasteiger partial charge in [0.2, 0.25) is 0 Å². The van der Waals surface area contributed by atoms with Crippen LogP contribution in [0.5, 0.6) is 0 Å². The van der Waals surface area contributed by atoms with Gasteiger partial charge < -0.3 is 10.2 Å². The van der Waals surface area contributed by atoms with E-state index in [1.54, 1.807) is 38.4 Å². The molecule has 110 valence electrons. The molecule has 3 nitrogen and oxygen atoms in total. The zero-order chi connectivity index (χ0) is 15.4. The van der Waals surface area contributed by atoms with Crippen molar-refractivity contribution in [1.29, 1.82) is 0 Å². The number of para-hydroxylation sites is 1. The predicted octanol–water partition coefficient (Wildman–Crippen LogP) is 3.70. The minimum absolute atomic E-state index is 0.0844. The van der Waals surface area contributed by atoms with Gasteiger partial charge in [0, 0.05) is 25.3 Å². The molecule has 0 saturated heterocycles. The summed E-state index contributed by atoms with van der Waals surface area (Å²) in [6.07, 6.45) is 0. The van der Waals surface area contributed by atoms with Crippen molar-refractivity contribution in [2.24, 2.45) is 0 Å². The summed E-state index contributed by atoms with van der Waals surface area (Å²) in [6, 6.07) is 13.7. The molecule has 1 atom stereocenters. The van der Waals surface area contributed by atoms with Gasteiger partial charge in [-0.05, 0) is 25.1 Å². The summed E-state index contributed by atoms with van der Waals surface area (Å²) in [5.74, 6) is -0.340. The fourth-order valence-corrected chi connectivity index (χ4v) is 2.17. The zero-order valence-corrected chi connectivity index (χ0v) is 12.4. The van der Waals surface area contributed by atoms with Gasteiger partial charge in [-0.1, -0.05) is 30.3 Å². The Kier molecular flexibility index (Phi) is 4.58. The highest BCUT2D eigenvalue weighted by atomic mass is 19.1. The first-order valence-electron chi connectivity index (χ1n) is 6.82. The molecule has 0 bridgehead atoms. The Hall–Kier alpha value is -2.36. The molecule has 0 saturated carbocycles. The standard InChI is InChI=1S/C17H19FN2O/c1-12(13-8-4-6-10-15(13)18)19-16-11-7-5-9-14(16)17(21)20(2)3/h4-12,19H,1-3H3. The lowest BCUT2D eigenvalue weighted by molar-refractivity contribution is 0.0828. The average molecular weight is 286 g/mol. The predicted molar refractivity (Wildman–Crippen MR) is 82.9 cm³/mol. The Labute approximate surface area is 124 Å². The van der Waals surface area contributed by atoms with E-state index in [1.165, 1.54) is 11.0 Å². The van der Waals surface area contributed by atoms with Crippen molar-refractivity contribution in [2.75, 3.05) is 19.4 Å². The van der Waals surface area contributed by atoms with Crippen LogP contribution in [0, 0.1) is 5.82 Å². The molecule has 0 aromatic heterocycles. The van der Waals surface area contributed by atoms with Gasteiger partial charge in [0.05, 0.1) is 11.6 Å². The van der Waals surface area contributed by atoms with Crippen molar-refractivity contribution in [3.8, 4) is 0 Å². The molecule has 1 amide bonds. The number of amides is 1. The largest absolute Gasteiger partial charge is 0.378 e. The summed E-state index contributed by atoms with van der Waals surface area (Å²) in [6.45, 7) is 1.87. The third-order valence-corrected chi connectivity index (χ3v) is 3.31. The lowest BCUT2D eigenvalue weighted by atomic mass is 10.1. The summed E-state index contributed by atoms with van der Waals surface area (Å²) in [7, 11) is 3.42. The quantitative estimate of drug-likeness (QED) is 0.929. The van der Waals surface area contributed by atoms with Crippen molar-refractivity contribution in [3.05, 3.63) is 65.5 Å². The maximum atomic E-state index is 13.8. The Balaban J connectivity index is 2.28. The third-order valence-electron chi connectivity index (χ3n) is 3.31. The first kappa shape index (κ1) is 15.0. The molecule has 2 aromatic rings. The highest BCUT2D eigenvalue weighted by Crippen LogP contribution is 2.24. The molecule has 0 aliphatic carbocycles. The Bertz CT molecular complexity index is 640. The first-order chi connectivity index (χ1) is 10.0. The van der Waals surface area contributed by atoms with Crippen molar-refractivity contribution < 1.29 is 9.18 Å². The van der Waals surface area contributed by atoms with Crippen LogP contribution in [-0.4, -0.2) is 24.9 Å². The van der Waals surface area contributed by atoms with Crippen LogP contribution in [0.4, 0.5) is 10.1 Å². The smallest absolute Gasteiger partial charge is 0.255 e. The number of hydrogen-bond donors (Lipinski definition) is 1. The van der Waals surface area contributed by atoms with Gasteiger partial charge in [0.15, 0.2) is 0 Å². The van der Waals surface area contributed by atoms with E-state index in [1.807, 2.05) is 25.1 Å². The van der Waals surface area contributed by atoms with E-state index >= 15 is 0 Å². The van der Waals surface area contributed by atoms with Crippen LogP contribution in [0.1, 0.15) is 28.9 Å². The molecule has 0 fully saturated rings. The molecule has 0 radical (unpaired) electrons. The Morgan fingerprint density at radius 1 is 1.10 bits per heavy atom. The Morgan fingerprint density at radius 2 is 1.71 bits per heavy atom. The van der Waals surface area contributed by atoms with Crippen LogP contribution in [0.25, 0.3) is 0 Å². The minimum atomic E-state index is -0.256. The normalized spacial score (nSPS) is 11.8. The number of carbonyl (C=O) groups excluding carboxylic acids is 1. The molecule has 0 heterocycles. The maximum absolute atomic E-state index is 13.8. The summed E-state index contributed by atoms with van der Waals surface area (Å²) < 4.78 is 13.8. The topological polar surface area (TPSA) is 32.3 Å². The zero-order valence-electron chi connectivity index (χ0n) is 12.4. The fraction of sp³-hybridized carbons (Fsp3) is 0.235. The summed E-state index contributed by atoms with van der Waals surface area (Å²) >= 11 is 0. The molecule has 0 aliphatic heterocycles. The van der Waals surface area contributed by atoms with Crippen molar-refractivity contribution >= 4 is 11.6 Å². The van der Waals surface area contributed by atoms with Gasteiger partial charge in [-0.15, -0.1) is 0 Å². The van der Waals surface area contributed by atoms with E-state index in [2.05, 4.69) is 5.32 Å². The average Bonchev–Trinajstić information content (AvgIpc) is 2.47. The molecule has 1 unspecified atom stereocenters. The van der Waals surface area contributed by atoms with E-state index in [0.29, 0.717) is 16.8 Å². The summed E-state index contributed by atoms with van der Waals surface area (Å²) in [4.78, 5) is 13.7. The van der Waals surface area contributed by atoms with E-state index in [4.69, 9.17) is 0 Å². The van der Waals surface area contributed by atoms with Crippen LogP contribution in [0.3, 0.4) is 0 Å². The van der Waals surface area contributed by atoms with Crippen molar-refractivity contribution in [1.82, 2.24) is 4.90 Å². The second kappa shape index (κ2) is 6.39. The van der Waals surface area contributed by atoms with E-state index in [0.717, 1.165) is 0 Å². The van der Waals surface area contributed by atoms with Gasteiger partial charge >= 0.3 is 0 Å². The fourth-order valence-electron chi connectivity index (χ4n) is 2.17. The lowest BCUT2D eigenvalue weighted by Crippen LogP contribution is -2.23. The number of rotatable bonds is 4. The number of nitrogens with zero attached hydrogens (tertiary/aromatic N) is 1. The minimum Gasteiger partial charge on any atom is -0.378 e. The third kappa shape index (κ3) is 3.40. The number of carbonyl (C=O) groups is 1. The second-order valence-corrected chi connectivity index (χ2v) is 5.13. The van der Waals surface area contributed by atoms with Gasteiger partial charge in [0.1, 0.15) is 5.82 Å². The van der Waals surface area contributed by atoms with Crippen molar-refractivity contribution in [3.63, 3.8) is 0 Å². The number of hydrogen-bond acceptors (Lipinski definition) is 2. The van der Waals surface area contributed by atoms with E-state index in [-0.39, 0.29) is 17.8 Å². The summed E-state index contributed by atoms with van der Waals surface area (Å²) in [5, 5.41) is 3.22. The van der Waals surface area contributed by atoms with Crippen LogP contribution < -0.4 is 5.32 Å². The van der Waals surface area contributed by atoms with Gasteiger partial charge in [-0.2, -0.15) is 0 Å². The van der Waals surface area contributed by atoms with Gasteiger partial charge in [-0.3, -0.25) is 4.79 Å². The molecular weight excluding hydrogens is 267 g/mol. The van der Waals surface area contributed by atoms with Gasteiger partial charge in [0.25, 0.3) is 5.91 Å². The van der Waals surface area contributed by atoms with E-state index < -0.39 is 0 Å². The molecule has 2 aromatic carbocycles. The summed E-state index contributed by atoms with van der Waals surface area (Å²) in [5.41, 5.74) is 1.85. The number of nitrogens with one attached hydrogen (secondary N) is 1. The van der Waals surface area contributed by atoms with E-state index in [9.17, 15) is 9.18 Å². The first-order valence-corrected chi connectivity index (χ1v) is 6.82. The lowest BCUT2D eigenvalue weighted by Gasteiger charge is -2.20. The molecule has 21 heavy (non-hydrogen) atoms. The highest BCUT2D eigenvalue weighted by molar-refractivity contribution is 5.99. The van der Waals surface area contributed by atoms with Crippen LogP contribution in [0.2, 0.25) is 0 Å². The number of halogens is 1. The molecule has 4 heteroatoms. The number of benzene rings is 2. The van der Waals surface area contributed by atoms with Crippen LogP contribution in [0.15, 0.2) is 48.5 Å². The maximum Gasteiger partial charge on any atom is 0.255 e. The molecule has 0 spiro atoms. The molecule has 2 rings (SSSR count). The molecular formula is C17H19FN2O. The monoisotopic (exact) mass is 286 g/mol. The SMILES string of the molecule is CC(Nc1ccccc1C(=O)N(C)C)c1ccccc1F. The Morgan fingerprint density at radius 3 is 2.38 bits per heavy atom.